The largest absolute Gasteiger partial charge is 0.302 e. The van der Waals surface area contributed by atoms with Crippen LogP contribution in [0.15, 0.2) is 0 Å². The second kappa shape index (κ2) is 30.5. The first-order chi connectivity index (χ1) is 21.4. The Morgan fingerprint density at radius 2 is 0.837 bits per heavy atom. The normalized spacial score (nSPS) is 21.3. The molecule has 0 saturated carbocycles. The Hall–Kier alpha value is -0.160. The zero-order chi connectivity index (χ0) is 30.3. The third-order valence-electron chi connectivity index (χ3n) is 10.4. The smallest absolute Gasteiger partial charge is 0.0624 e. The first-order valence-electron chi connectivity index (χ1n) is 20.3. The van der Waals surface area contributed by atoms with E-state index in [2.05, 4.69) is 27.2 Å². The summed E-state index contributed by atoms with van der Waals surface area (Å²) in [6, 6.07) is 0. The lowest BCUT2D eigenvalue weighted by molar-refractivity contribution is -0.0132. The van der Waals surface area contributed by atoms with Crippen molar-refractivity contribution in [1.29, 1.82) is 0 Å². The molecule has 4 nitrogen and oxygen atoms in total. The van der Waals surface area contributed by atoms with Crippen molar-refractivity contribution in [2.24, 2.45) is 0 Å². The summed E-state index contributed by atoms with van der Waals surface area (Å²) in [5.74, 6) is 0. The van der Waals surface area contributed by atoms with Gasteiger partial charge in [-0.2, -0.15) is 0 Å². The fourth-order valence-corrected chi connectivity index (χ4v) is 7.36. The zero-order valence-corrected chi connectivity index (χ0v) is 29.7. The van der Waals surface area contributed by atoms with E-state index in [1.165, 1.54) is 232 Å². The molecule has 0 spiro atoms. The van der Waals surface area contributed by atoms with Crippen LogP contribution in [0.3, 0.4) is 0 Å². The summed E-state index contributed by atoms with van der Waals surface area (Å²) in [7, 11) is 0. The van der Waals surface area contributed by atoms with Gasteiger partial charge in [-0.1, -0.05) is 180 Å². The average Bonchev–Trinajstić information content (AvgIpc) is 3.56. The van der Waals surface area contributed by atoms with Crippen molar-refractivity contribution in [2.45, 2.75) is 200 Å². The van der Waals surface area contributed by atoms with Crippen LogP contribution < -0.4 is 5.32 Å². The molecule has 0 aromatic rings. The third-order valence-corrected chi connectivity index (χ3v) is 10.4. The molecule has 256 valence electrons. The van der Waals surface area contributed by atoms with E-state index in [1.54, 1.807) is 0 Å². The van der Waals surface area contributed by atoms with Gasteiger partial charge in [0.05, 0.1) is 6.67 Å². The van der Waals surface area contributed by atoms with Crippen molar-refractivity contribution >= 4 is 0 Å². The summed E-state index contributed by atoms with van der Waals surface area (Å²) in [5.41, 5.74) is 0. The molecule has 0 aliphatic carbocycles. The lowest BCUT2D eigenvalue weighted by atomic mass is 10.0. The predicted molar refractivity (Wildman–Crippen MR) is 192 cm³/mol. The van der Waals surface area contributed by atoms with Gasteiger partial charge in [0.15, 0.2) is 0 Å². The Labute approximate surface area is 271 Å². The van der Waals surface area contributed by atoms with Gasteiger partial charge in [0, 0.05) is 32.7 Å². The number of hydrazine groups is 1. The number of hydrogen-bond donors (Lipinski definition) is 1. The molecular formula is C39H80N4. The highest BCUT2D eigenvalue weighted by Crippen LogP contribution is 2.16. The predicted octanol–water partition coefficient (Wildman–Crippen LogP) is 11.1. The van der Waals surface area contributed by atoms with Gasteiger partial charge in [0.1, 0.15) is 0 Å². The second-order valence-electron chi connectivity index (χ2n) is 14.4. The van der Waals surface area contributed by atoms with E-state index in [0.717, 1.165) is 13.2 Å². The average molecular weight is 605 g/mol. The maximum absolute atomic E-state index is 3.59. The molecule has 0 radical (unpaired) electrons. The summed E-state index contributed by atoms with van der Waals surface area (Å²) in [5, 5.41) is 8.94. The lowest BCUT2D eigenvalue weighted by Gasteiger charge is -2.33. The quantitative estimate of drug-likeness (QED) is 0.188. The van der Waals surface area contributed by atoms with Gasteiger partial charge in [-0.05, 0) is 32.4 Å². The standard InChI is InChI=1S/C39H80N4/c1-2-3-4-5-6-7-22-25-28-31-35-42(43-36-32-40-39-43)38-37-41-33-29-26-23-20-18-16-14-12-10-8-9-11-13-15-17-19-21-24-27-30-34-41/h40H,2-39H2,1H3. The monoisotopic (exact) mass is 605 g/mol. The molecule has 43 heavy (non-hydrogen) atoms. The maximum atomic E-state index is 3.59. The first kappa shape index (κ1) is 39.0. The van der Waals surface area contributed by atoms with Crippen LogP contribution in [-0.2, 0) is 0 Å². The molecule has 2 rings (SSSR count). The minimum absolute atomic E-state index is 1.05. The van der Waals surface area contributed by atoms with Crippen LogP contribution in [0.1, 0.15) is 200 Å². The van der Waals surface area contributed by atoms with Crippen molar-refractivity contribution in [3.8, 4) is 0 Å². The SMILES string of the molecule is CCCCCCCCCCCCN(CCN1CCCCCCCCCCCCCCCCCCCCCC1)N1CCNC1. The Morgan fingerprint density at radius 1 is 0.442 bits per heavy atom. The van der Waals surface area contributed by atoms with Crippen LogP contribution in [0.25, 0.3) is 0 Å². The van der Waals surface area contributed by atoms with E-state index < -0.39 is 0 Å². The molecule has 2 aliphatic rings. The molecule has 0 atom stereocenters. The third kappa shape index (κ3) is 23.8. The van der Waals surface area contributed by atoms with Crippen LogP contribution in [0.5, 0.6) is 0 Å². The van der Waals surface area contributed by atoms with Gasteiger partial charge < -0.3 is 10.2 Å². The summed E-state index contributed by atoms with van der Waals surface area (Å²) in [6.07, 6.45) is 43.6. The van der Waals surface area contributed by atoms with Gasteiger partial charge in [-0.25, -0.2) is 10.0 Å². The second-order valence-corrected chi connectivity index (χ2v) is 14.4. The number of nitrogens with one attached hydrogen (secondary N) is 1. The summed E-state index contributed by atoms with van der Waals surface area (Å²) in [6.45, 7) is 12.1. The zero-order valence-electron chi connectivity index (χ0n) is 29.7. The molecule has 0 bridgehead atoms. The van der Waals surface area contributed by atoms with E-state index in [1.807, 2.05) is 0 Å². The Balaban J connectivity index is 1.70. The highest BCUT2D eigenvalue weighted by Gasteiger charge is 2.19. The number of rotatable bonds is 15. The summed E-state index contributed by atoms with van der Waals surface area (Å²) < 4.78 is 0. The van der Waals surface area contributed by atoms with Crippen molar-refractivity contribution < 1.29 is 0 Å². The molecule has 2 aliphatic heterocycles. The van der Waals surface area contributed by atoms with Crippen molar-refractivity contribution in [3.05, 3.63) is 0 Å². The molecule has 2 heterocycles. The summed E-state index contributed by atoms with van der Waals surface area (Å²) >= 11 is 0. The van der Waals surface area contributed by atoms with Crippen molar-refractivity contribution in [2.75, 3.05) is 52.5 Å². The number of hydrogen-bond acceptors (Lipinski definition) is 4. The molecule has 0 aromatic carbocycles. The van der Waals surface area contributed by atoms with E-state index in [-0.39, 0.29) is 0 Å². The molecule has 2 fully saturated rings. The Bertz CT molecular complexity index is 525. The molecular weight excluding hydrogens is 524 g/mol. The van der Waals surface area contributed by atoms with Crippen molar-refractivity contribution in [3.63, 3.8) is 0 Å². The van der Waals surface area contributed by atoms with Crippen LogP contribution in [0.2, 0.25) is 0 Å². The Kier molecular flexibility index (Phi) is 27.7. The molecule has 2 saturated heterocycles. The fraction of sp³-hybridized carbons (Fsp3) is 1.00. The van der Waals surface area contributed by atoms with Crippen LogP contribution in [-0.4, -0.2) is 67.4 Å². The van der Waals surface area contributed by atoms with Crippen LogP contribution in [0.4, 0.5) is 0 Å². The van der Waals surface area contributed by atoms with Gasteiger partial charge >= 0.3 is 0 Å². The topological polar surface area (TPSA) is 21.8 Å². The van der Waals surface area contributed by atoms with Gasteiger partial charge in [0.25, 0.3) is 0 Å². The molecule has 4 heteroatoms. The van der Waals surface area contributed by atoms with Crippen LogP contribution in [0, 0.1) is 0 Å². The fourth-order valence-electron chi connectivity index (χ4n) is 7.36. The van der Waals surface area contributed by atoms with E-state index >= 15 is 0 Å². The first-order valence-corrected chi connectivity index (χ1v) is 20.3. The molecule has 0 aromatic heterocycles. The number of unbranched alkanes of at least 4 members (excludes halogenated alkanes) is 9. The lowest BCUT2D eigenvalue weighted by Crippen LogP contribution is -2.46. The van der Waals surface area contributed by atoms with Gasteiger partial charge in [-0.3, -0.25) is 0 Å². The van der Waals surface area contributed by atoms with E-state index in [9.17, 15) is 0 Å². The molecule has 0 unspecified atom stereocenters. The molecule has 0 amide bonds. The van der Waals surface area contributed by atoms with E-state index in [4.69, 9.17) is 0 Å². The highest BCUT2D eigenvalue weighted by atomic mass is 15.7. The number of nitrogens with zero attached hydrogens (tertiary/aromatic N) is 3. The Morgan fingerprint density at radius 3 is 1.23 bits per heavy atom. The van der Waals surface area contributed by atoms with Crippen molar-refractivity contribution in [1.82, 2.24) is 20.2 Å². The van der Waals surface area contributed by atoms with Gasteiger partial charge in [-0.15, -0.1) is 0 Å². The molecule has 1 N–H and O–H groups in total. The van der Waals surface area contributed by atoms with Gasteiger partial charge in [0.2, 0.25) is 0 Å². The highest BCUT2D eigenvalue weighted by molar-refractivity contribution is 4.69. The maximum Gasteiger partial charge on any atom is 0.0624 e. The van der Waals surface area contributed by atoms with E-state index in [0.29, 0.717) is 0 Å². The minimum Gasteiger partial charge on any atom is -0.302 e. The minimum atomic E-state index is 1.05. The summed E-state index contributed by atoms with van der Waals surface area (Å²) in [4.78, 5) is 2.85. The van der Waals surface area contributed by atoms with Crippen LogP contribution >= 0.6 is 0 Å².